The first-order chi connectivity index (χ1) is 7.54. The quantitative estimate of drug-likeness (QED) is 0.718. The SMILES string of the molecule is CCOC(=O)c1csc([C@@H](N)CC(N)=O)n1. The standard InChI is InChI=1S/C9H13N3O3S/c1-2-15-9(14)6-4-16-8(12-6)5(10)3-7(11)13/h4-5H,2-3,10H2,1H3,(H2,11,13)/t5-/m0/s1. The maximum absolute atomic E-state index is 11.3. The Morgan fingerprint density at radius 3 is 2.88 bits per heavy atom. The zero-order valence-corrected chi connectivity index (χ0v) is 9.62. The van der Waals surface area contributed by atoms with Gasteiger partial charge in [0.1, 0.15) is 5.01 Å². The van der Waals surface area contributed by atoms with Crippen LogP contribution < -0.4 is 11.5 Å². The number of carbonyl (C=O) groups excluding carboxylic acids is 2. The van der Waals surface area contributed by atoms with Crippen molar-refractivity contribution in [2.75, 3.05) is 6.61 Å². The summed E-state index contributed by atoms with van der Waals surface area (Å²) in [7, 11) is 0. The zero-order valence-electron chi connectivity index (χ0n) is 8.80. The third-order valence-corrected chi connectivity index (χ3v) is 2.72. The van der Waals surface area contributed by atoms with E-state index in [-0.39, 0.29) is 12.1 Å². The third-order valence-electron chi connectivity index (χ3n) is 1.74. The van der Waals surface area contributed by atoms with Gasteiger partial charge in [-0.05, 0) is 6.92 Å². The van der Waals surface area contributed by atoms with Crippen molar-refractivity contribution in [2.45, 2.75) is 19.4 Å². The number of rotatable bonds is 5. The lowest BCUT2D eigenvalue weighted by Gasteiger charge is -2.04. The average Bonchev–Trinajstić information content (AvgIpc) is 2.65. The van der Waals surface area contributed by atoms with Gasteiger partial charge in [0.05, 0.1) is 12.6 Å². The van der Waals surface area contributed by atoms with E-state index >= 15 is 0 Å². The van der Waals surface area contributed by atoms with Crippen molar-refractivity contribution in [3.05, 3.63) is 16.1 Å². The summed E-state index contributed by atoms with van der Waals surface area (Å²) in [6.07, 6.45) is 0.00970. The van der Waals surface area contributed by atoms with Crippen LogP contribution in [0.5, 0.6) is 0 Å². The van der Waals surface area contributed by atoms with E-state index < -0.39 is 17.9 Å². The molecule has 16 heavy (non-hydrogen) atoms. The molecule has 0 saturated heterocycles. The lowest BCUT2D eigenvalue weighted by molar-refractivity contribution is -0.118. The number of nitrogens with zero attached hydrogens (tertiary/aromatic N) is 1. The van der Waals surface area contributed by atoms with Crippen molar-refractivity contribution < 1.29 is 14.3 Å². The predicted octanol–water partition coefficient (Wildman–Crippen LogP) is 0.195. The molecule has 0 unspecified atom stereocenters. The van der Waals surface area contributed by atoms with Crippen molar-refractivity contribution in [1.29, 1.82) is 0 Å². The average molecular weight is 243 g/mol. The first-order valence-corrected chi connectivity index (χ1v) is 5.59. The molecular weight excluding hydrogens is 230 g/mol. The van der Waals surface area contributed by atoms with Crippen LogP contribution in [0.15, 0.2) is 5.38 Å². The first-order valence-electron chi connectivity index (χ1n) is 4.71. The summed E-state index contributed by atoms with van der Waals surface area (Å²) in [6.45, 7) is 2.00. The number of esters is 1. The van der Waals surface area contributed by atoms with Gasteiger partial charge in [-0.15, -0.1) is 11.3 Å². The number of ether oxygens (including phenoxy) is 1. The van der Waals surface area contributed by atoms with Crippen LogP contribution in [0.25, 0.3) is 0 Å². The lowest BCUT2D eigenvalue weighted by Crippen LogP contribution is -2.20. The number of primary amides is 1. The summed E-state index contributed by atoms with van der Waals surface area (Å²) in [5.41, 5.74) is 10.9. The number of carbonyl (C=O) groups is 2. The second kappa shape index (κ2) is 5.57. The number of nitrogens with two attached hydrogens (primary N) is 2. The van der Waals surface area contributed by atoms with Crippen LogP contribution in [0.3, 0.4) is 0 Å². The molecule has 1 rings (SSSR count). The van der Waals surface area contributed by atoms with Crippen LogP contribution in [0.2, 0.25) is 0 Å². The molecule has 1 amide bonds. The van der Waals surface area contributed by atoms with E-state index in [0.717, 1.165) is 0 Å². The molecule has 1 atom stereocenters. The Labute approximate surface area is 96.6 Å². The maximum Gasteiger partial charge on any atom is 0.357 e. The smallest absolute Gasteiger partial charge is 0.357 e. The topological polar surface area (TPSA) is 108 Å². The largest absolute Gasteiger partial charge is 0.461 e. The summed E-state index contributed by atoms with van der Waals surface area (Å²) < 4.78 is 4.77. The summed E-state index contributed by atoms with van der Waals surface area (Å²) in [6, 6.07) is -0.564. The van der Waals surface area contributed by atoms with E-state index in [1.54, 1.807) is 12.3 Å². The molecule has 1 aromatic heterocycles. The number of hydrogen-bond donors (Lipinski definition) is 2. The first kappa shape index (κ1) is 12.6. The van der Waals surface area contributed by atoms with Crippen LogP contribution in [-0.2, 0) is 9.53 Å². The molecule has 6 nitrogen and oxygen atoms in total. The Kier molecular flexibility index (Phi) is 4.39. The summed E-state index contributed by atoms with van der Waals surface area (Å²) in [4.78, 5) is 25.9. The van der Waals surface area contributed by atoms with Gasteiger partial charge in [0.2, 0.25) is 5.91 Å². The molecule has 0 fully saturated rings. The highest BCUT2D eigenvalue weighted by molar-refractivity contribution is 7.09. The Morgan fingerprint density at radius 2 is 2.31 bits per heavy atom. The zero-order chi connectivity index (χ0) is 12.1. The molecule has 1 aromatic rings. The highest BCUT2D eigenvalue weighted by Gasteiger charge is 2.17. The van der Waals surface area contributed by atoms with Crippen LogP contribution in [0.4, 0.5) is 0 Å². The second-order valence-electron chi connectivity index (χ2n) is 3.07. The van der Waals surface area contributed by atoms with Gasteiger partial charge in [-0.2, -0.15) is 0 Å². The molecule has 0 aromatic carbocycles. The van der Waals surface area contributed by atoms with Crippen molar-refractivity contribution in [2.24, 2.45) is 11.5 Å². The number of hydrogen-bond acceptors (Lipinski definition) is 6. The van der Waals surface area contributed by atoms with Crippen LogP contribution in [0.1, 0.15) is 34.9 Å². The fourth-order valence-electron chi connectivity index (χ4n) is 1.06. The van der Waals surface area contributed by atoms with Crippen molar-refractivity contribution >= 4 is 23.2 Å². The van der Waals surface area contributed by atoms with Gasteiger partial charge in [-0.25, -0.2) is 9.78 Å². The van der Waals surface area contributed by atoms with E-state index in [9.17, 15) is 9.59 Å². The molecule has 0 spiro atoms. The molecule has 0 aliphatic carbocycles. The van der Waals surface area contributed by atoms with E-state index in [1.165, 1.54) is 11.3 Å². The Morgan fingerprint density at radius 1 is 1.62 bits per heavy atom. The van der Waals surface area contributed by atoms with Crippen LogP contribution in [-0.4, -0.2) is 23.5 Å². The van der Waals surface area contributed by atoms with Crippen molar-refractivity contribution in [3.63, 3.8) is 0 Å². The van der Waals surface area contributed by atoms with Gasteiger partial charge in [-0.3, -0.25) is 4.79 Å². The molecular formula is C9H13N3O3S. The minimum Gasteiger partial charge on any atom is -0.461 e. The van der Waals surface area contributed by atoms with E-state index in [0.29, 0.717) is 11.6 Å². The van der Waals surface area contributed by atoms with Crippen molar-refractivity contribution in [3.8, 4) is 0 Å². The number of amides is 1. The van der Waals surface area contributed by atoms with Crippen LogP contribution in [0, 0.1) is 0 Å². The Bertz CT molecular complexity index is 391. The molecule has 4 N–H and O–H groups in total. The molecule has 88 valence electrons. The maximum atomic E-state index is 11.3. The Hall–Kier alpha value is -1.47. The summed E-state index contributed by atoms with van der Waals surface area (Å²) in [5, 5.41) is 2.05. The molecule has 7 heteroatoms. The van der Waals surface area contributed by atoms with Crippen molar-refractivity contribution in [1.82, 2.24) is 4.98 Å². The lowest BCUT2D eigenvalue weighted by atomic mass is 10.2. The van der Waals surface area contributed by atoms with E-state index in [1.807, 2.05) is 0 Å². The molecule has 0 aliphatic heterocycles. The summed E-state index contributed by atoms with van der Waals surface area (Å²) in [5.74, 6) is -0.989. The van der Waals surface area contributed by atoms with Gasteiger partial charge in [-0.1, -0.05) is 0 Å². The predicted molar refractivity (Wildman–Crippen MR) is 58.8 cm³/mol. The monoisotopic (exact) mass is 243 g/mol. The second-order valence-corrected chi connectivity index (χ2v) is 3.96. The van der Waals surface area contributed by atoms with E-state index in [4.69, 9.17) is 16.2 Å². The Balaban J connectivity index is 2.70. The normalized spacial score (nSPS) is 12.1. The van der Waals surface area contributed by atoms with Crippen LogP contribution >= 0.6 is 11.3 Å². The molecule has 0 radical (unpaired) electrons. The van der Waals surface area contributed by atoms with Gasteiger partial charge >= 0.3 is 5.97 Å². The third kappa shape index (κ3) is 3.28. The highest BCUT2D eigenvalue weighted by atomic mass is 32.1. The number of thiazole rings is 1. The number of aromatic nitrogens is 1. The fourth-order valence-corrected chi connectivity index (χ4v) is 1.85. The van der Waals surface area contributed by atoms with Gasteiger partial charge < -0.3 is 16.2 Å². The highest BCUT2D eigenvalue weighted by Crippen LogP contribution is 2.19. The summed E-state index contributed by atoms with van der Waals surface area (Å²) >= 11 is 1.21. The molecule has 1 heterocycles. The minimum absolute atomic E-state index is 0.00970. The van der Waals surface area contributed by atoms with Gasteiger partial charge in [0.15, 0.2) is 5.69 Å². The van der Waals surface area contributed by atoms with Gasteiger partial charge in [0, 0.05) is 11.8 Å². The fraction of sp³-hybridized carbons (Fsp3) is 0.444. The minimum atomic E-state index is -0.564. The van der Waals surface area contributed by atoms with E-state index in [2.05, 4.69) is 4.98 Å². The van der Waals surface area contributed by atoms with Gasteiger partial charge in [0.25, 0.3) is 0 Å². The molecule has 0 bridgehead atoms. The molecule has 0 saturated carbocycles. The molecule has 0 aliphatic rings.